The summed E-state index contributed by atoms with van der Waals surface area (Å²) in [7, 11) is 1.66. The van der Waals surface area contributed by atoms with E-state index in [4.69, 9.17) is 38.8 Å². The van der Waals surface area contributed by atoms with Crippen LogP contribution in [0.1, 0.15) is 11.3 Å². The Morgan fingerprint density at radius 1 is 1.41 bits per heavy atom. The highest BCUT2D eigenvalue weighted by atomic mass is 35.5. The zero-order valence-corrected chi connectivity index (χ0v) is 17.5. The summed E-state index contributed by atoms with van der Waals surface area (Å²) in [5, 5.41) is 14.2. The molecule has 0 unspecified atom stereocenters. The molecule has 0 spiro atoms. The maximum absolute atomic E-state index is 12.7. The number of allylic oxidation sites excluding steroid dienone is 1. The average molecular weight is 469 g/mol. The van der Waals surface area contributed by atoms with E-state index in [1.54, 1.807) is 26.1 Å². The van der Waals surface area contributed by atoms with Crippen molar-refractivity contribution in [2.24, 2.45) is 23.0 Å². The van der Waals surface area contributed by atoms with Crippen LogP contribution in [-0.4, -0.2) is 28.7 Å². The zero-order chi connectivity index (χ0) is 21.8. The quantitative estimate of drug-likeness (QED) is 0.321. The number of hydrazone groups is 1. The molecule has 7 nitrogen and oxygen atoms in total. The van der Waals surface area contributed by atoms with Gasteiger partial charge in [-0.3, -0.25) is 5.14 Å². The molecule has 0 fully saturated rings. The maximum Gasteiger partial charge on any atom is 0.431 e. The van der Waals surface area contributed by atoms with E-state index in [0.29, 0.717) is 44.9 Å². The summed E-state index contributed by atoms with van der Waals surface area (Å²) < 4.78 is 45.3. The molecule has 0 aliphatic rings. The van der Waals surface area contributed by atoms with E-state index in [9.17, 15) is 13.2 Å². The topological polar surface area (TPSA) is 103 Å². The van der Waals surface area contributed by atoms with Gasteiger partial charge in [-0.25, -0.2) is 4.68 Å². The molecule has 158 valence electrons. The van der Waals surface area contributed by atoms with Crippen molar-refractivity contribution in [3.63, 3.8) is 0 Å². The lowest BCUT2D eigenvalue weighted by Gasteiger charge is -2.12. The van der Waals surface area contributed by atoms with Gasteiger partial charge in [0.1, 0.15) is 11.4 Å². The lowest BCUT2D eigenvalue weighted by atomic mass is 10.3. The summed E-state index contributed by atoms with van der Waals surface area (Å²) in [5.74, 6) is 0.681. The van der Waals surface area contributed by atoms with Crippen molar-refractivity contribution in [2.75, 3.05) is 6.54 Å². The molecule has 0 atom stereocenters. The van der Waals surface area contributed by atoms with Gasteiger partial charge in [0.25, 0.3) is 0 Å². The molecular weight excluding hydrogens is 452 g/mol. The number of halogens is 5. The predicted octanol–water partition coefficient (Wildman–Crippen LogP) is 4.09. The molecule has 0 saturated heterocycles. The van der Waals surface area contributed by atoms with Crippen LogP contribution in [0.2, 0.25) is 10.0 Å². The number of aryl methyl sites for hydroxylation is 2. The van der Waals surface area contributed by atoms with Crippen molar-refractivity contribution in [3.8, 4) is 11.6 Å². The fourth-order valence-electron chi connectivity index (χ4n) is 2.17. The lowest BCUT2D eigenvalue weighted by molar-refractivity contribution is -0.0930. The highest BCUT2D eigenvalue weighted by Crippen LogP contribution is 2.33. The lowest BCUT2D eigenvalue weighted by Crippen LogP contribution is -2.25. The van der Waals surface area contributed by atoms with Crippen molar-refractivity contribution in [1.29, 1.82) is 0 Å². The number of alkyl halides is 3. The van der Waals surface area contributed by atoms with E-state index in [0.717, 1.165) is 0 Å². The standard InChI is InChI=1S/C16H17Cl2F3N6OS/c1-8-10(6-24-25-7-13(29-23)14(22)16(19,20)21)15(27(2)26-8)28-12-4-3-9(17)5-11(12)18/h3-6,25H,7,22-23H2,1-2H3/b14-13-,24-6+. The number of rotatable bonds is 7. The number of benzene rings is 1. The van der Waals surface area contributed by atoms with Gasteiger partial charge in [-0.2, -0.15) is 23.4 Å². The van der Waals surface area contributed by atoms with E-state index in [1.807, 2.05) is 0 Å². The van der Waals surface area contributed by atoms with Gasteiger partial charge in [-0.05, 0) is 37.1 Å². The second-order valence-corrected chi connectivity index (χ2v) is 7.22. The monoisotopic (exact) mass is 468 g/mol. The van der Waals surface area contributed by atoms with Gasteiger partial charge >= 0.3 is 6.18 Å². The van der Waals surface area contributed by atoms with Crippen LogP contribution < -0.4 is 21.0 Å². The minimum Gasteiger partial charge on any atom is -0.437 e. The second-order valence-electron chi connectivity index (χ2n) is 5.65. The Morgan fingerprint density at radius 3 is 2.69 bits per heavy atom. The van der Waals surface area contributed by atoms with E-state index >= 15 is 0 Å². The molecule has 29 heavy (non-hydrogen) atoms. The number of aromatic nitrogens is 2. The average Bonchev–Trinajstić information content (AvgIpc) is 2.89. The van der Waals surface area contributed by atoms with Crippen molar-refractivity contribution < 1.29 is 17.9 Å². The Balaban J connectivity index is 2.19. The number of nitrogens with two attached hydrogens (primary N) is 2. The van der Waals surface area contributed by atoms with Gasteiger partial charge in [0, 0.05) is 17.0 Å². The molecule has 0 radical (unpaired) electrons. The largest absolute Gasteiger partial charge is 0.437 e. The molecule has 1 aromatic carbocycles. The minimum atomic E-state index is -4.67. The van der Waals surface area contributed by atoms with Crippen molar-refractivity contribution >= 4 is 41.4 Å². The molecule has 0 amide bonds. The van der Waals surface area contributed by atoms with Crippen LogP contribution in [0.4, 0.5) is 13.2 Å². The SMILES string of the molecule is Cc1nn(C)c(Oc2ccc(Cl)cc2Cl)c1/C=N/NC/C(SN)=C(/N)C(F)(F)F. The summed E-state index contributed by atoms with van der Waals surface area (Å²) in [6, 6.07) is 4.74. The summed E-state index contributed by atoms with van der Waals surface area (Å²) in [5.41, 5.74) is 7.36. The molecule has 0 aliphatic carbocycles. The van der Waals surface area contributed by atoms with Crippen molar-refractivity contribution in [2.45, 2.75) is 13.1 Å². The third-order valence-corrected chi connectivity index (χ3v) is 4.77. The molecule has 1 aromatic heterocycles. The summed E-state index contributed by atoms with van der Waals surface area (Å²) in [6.45, 7) is 1.42. The highest BCUT2D eigenvalue weighted by Gasteiger charge is 2.34. The molecule has 0 saturated carbocycles. The van der Waals surface area contributed by atoms with E-state index < -0.39 is 11.9 Å². The molecule has 1 heterocycles. The number of nitrogens with one attached hydrogen (secondary N) is 1. The van der Waals surface area contributed by atoms with E-state index in [2.05, 4.69) is 15.6 Å². The van der Waals surface area contributed by atoms with Gasteiger partial charge in [0.05, 0.1) is 29.0 Å². The van der Waals surface area contributed by atoms with Crippen molar-refractivity contribution in [1.82, 2.24) is 15.2 Å². The molecule has 0 bridgehead atoms. The maximum atomic E-state index is 12.7. The van der Waals surface area contributed by atoms with Crippen LogP contribution in [0.5, 0.6) is 11.6 Å². The van der Waals surface area contributed by atoms with Crippen LogP contribution in [0, 0.1) is 6.92 Å². The Kier molecular flexibility index (Phi) is 7.69. The fraction of sp³-hybridized carbons (Fsp3) is 0.250. The number of hydrogen-bond donors (Lipinski definition) is 3. The summed E-state index contributed by atoms with van der Waals surface area (Å²) >= 11 is 12.4. The fourth-order valence-corrected chi connectivity index (χ4v) is 3.01. The molecule has 2 rings (SSSR count). The summed E-state index contributed by atoms with van der Waals surface area (Å²) in [4.78, 5) is -0.290. The Morgan fingerprint density at radius 2 is 2.10 bits per heavy atom. The van der Waals surface area contributed by atoms with Crippen LogP contribution >= 0.6 is 35.1 Å². The van der Waals surface area contributed by atoms with Gasteiger partial charge in [-0.1, -0.05) is 23.2 Å². The third-order valence-electron chi connectivity index (χ3n) is 3.59. The molecule has 13 heteroatoms. The predicted molar refractivity (Wildman–Crippen MR) is 109 cm³/mol. The third kappa shape index (κ3) is 5.95. The normalized spacial score (nSPS) is 13.0. The van der Waals surface area contributed by atoms with E-state index in [1.165, 1.54) is 17.0 Å². The first-order valence-corrected chi connectivity index (χ1v) is 9.53. The van der Waals surface area contributed by atoms with Gasteiger partial charge in [-0.15, -0.1) is 0 Å². The van der Waals surface area contributed by atoms with Crippen LogP contribution in [0.15, 0.2) is 33.9 Å². The molecule has 0 aliphatic heterocycles. The zero-order valence-electron chi connectivity index (χ0n) is 15.2. The smallest absolute Gasteiger partial charge is 0.431 e. The number of hydrogen-bond acceptors (Lipinski definition) is 7. The molecule has 2 aromatic rings. The first-order valence-electron chi connectivity index (χ1n) is 7.89. The van der Waals surface area contributed by atoms with Gasteiger partial charge in [0.15, 0.2) is 0 Å². The number of ether oxygens (including phenoxy) is 1. The van der Waals surface area contributed by atoms with Crippen LogP contribution in [0.25, 0.3) is 0 Å². The summed E-state index contributed by atoms with van der Waals surface area (Å²) in [6.07, 6.45) is -3.31. The van der Waals surface area contributed by atoms with Gasteiger partial charge < -0.3 is 15.9 Å². The first kappa shape index (κ1) is 23.2. The molecule has 5 N–H and O–H groups in total. The van der Waals surface area contributed by atoms with Crippen LogP contribution in [-0.2, 0) is 7.05 Å². The Labute approximate surface area is 179 Å². The minimum absolute atomic E-state index is 0.290. The molecular formula is C16H17Cl2F3N6OS. The highest BCUT2D eigenvalue weighted by molar-refractivity contribution is 8.01. The number of nitrogens with zero attached hydrogens (tertiary/aromatic N) is 3. The second kappa shape index (κ2) is 9.61. The van der Waals surface area contributed by atoms with E-state index in [-0.39, 0.29) is 11.4 Å². The first-order chi connectivity index (χ1) is 13.5. The van der Waals surface area contributed by atoms with Crippen molar-refractivity contribution in [3.05, 3.63) is 50.1 Å². The Hall–Kier alpha value is -2.08. The van der Waals surface area contributed by atoms with Crippen LogP contribution in [0.3, 0.4) is 0 Å². The Bertz CT molecular complexity index is 945. The van der Waals surface area contributed by atoms with Gasteiger partial charge in [0.2, 0.25) is 5.88 Å².